The number of benzene rings is 3. The number of halogens is 2. The summed E-state index contributed by atoms with van der Waals surface area (Å²) in [6.45, 7) is 6.39. The van der Waals surface area contributed by atoms with Crippen molar-refractivity contribution in [2.45, 2.75) is 33.4 Å². The third-order valence-corrected chi connectivity index (χ3v) is 8.06. The Bertz CT molecular complexity index is 1830. The van der Waals surface area contributed by atoms with Crippen molar-refractivity contribution in [1.29, 1.82) is 0 Å². The van der Waals surface area contributed by atoms with Gasteiger partial charge in [0.2, 0.25) is 0 Å². The van der Waals surface area contributed by atoms with Crippen molar-refractivity contribution in [3.05, 3.63) is 124 Å². The molecule has 0 bridgehead atoms. The molecule has 5 rings (SSSR count). The van der Waals surface area contributed by atoms with Crippen LogP contribution in [-0.2, 0) is 16.1 Å². The molecule has 0 aliphatic carbocycles. The molecule has 1 aromatic heterocycles. The van der Waals surface area contributed by atoms with E-state index in [4.69, 9.17) is 37.4 Å². The van der Waals surface area contributed by atoms with E-state index in [1.807, 2.05) is 49.4 Å². The molecule has 42 heavy (non-hydrogen) atoms. The number of thiazole rings is 1. The smallest absolute Gasteiger partial charge is 0.338 e. The average molecular weight is 624 g/mol. The lowest BCUT2D eigenvalue weighted by molar-refractivity contribution is -0.139. The molecule has 216 valence electrons. The maximum absolute atomic E-state index is 13.9. The van der Waals surface area contributed by atoms with Crippen LogP contribution < -0.4 is 24.4 Å². The van der Waals surface area contributed by atoms with Gasteiger partial charge < -0.3 is 14.2 Å². The Morgan fingerprint density at radius 2 is 1.64 bits per heavy atom. The molecule has 0 N–H and O–H groups in total. The first-order valence-corrected chi connectivity index (χ1v) is 15.0. The SMILES string of the molecule is CCOC(=O)C1=C(C)N=c2s/c(=C\c3ccc(OCc4ccc(Cl)cc4)c(OCC)c3)c(=O)n2[C@H]1c1ccc(Cl)cc1. The molecule has 3 aromatic carbocycles. The van der Waals surface area contributed by atoms with Crippen LogP contribution in [0, 0.1) is 0 Å². The number of rotatable bonds is 9. The highest BCUT2D eigenvalue weighted by Gasteiger charge is 2.33. The molecule has 1 atom stereocenters. The molecule has 1 aliphatic heterocycles. The first-order valence-electron chi connectivity index (χ1n) is 13.4. The predicted molar refractivity (Wildman–Crippen MR) is 165 cm³/mol. The number of hydrogen-bond acceptors (Lipinski definition) is 7. The van der Waals surface area contributed by atoms with Gasteiger partial charge >= 0.3 is 5.97 Å². The summed E-state index contributed by atoms with van der Waals surface area (Å²) < 4.78 is 19.3. The van der Waals surface area contributed by atoms with E-state index in [0.717, 1.165) is 16.7 Å². The van der Waals surface area contributed by atoms with Gasteiger partial charge in [-0.3, -0.25) is 9.36 Å². The number of aromatic nitrogens is 1. The van der Waals surface area contributed by atoms with Gasteiger partial charge in [0.1, 0.15) is 6.61 Å². The summed E-state index contributed by atoms with van der Waals surface area (Å²) in [5, 5.41) is 1.21. The van der Waals surface area contributed by atoms with Crippen LogP contribution in [0.4, 0.5) is 0 Å². The number of hydrogen-bond donors (Lipinski definition) is 0. The van der Waals surface area contributed by atoms with E-state index in [1.54, 1.807) is 48.8 Å². The standard InChI is InChI=1S/C32H28Cl2N2O5S/c1-4-39-26-16-21(8-15-25(26)41-18-20-6-11-23(33)12-7-20)17-27-30(37)36-29(22-9-13-24(34)14-10-22)28(31(38)40-5-2)19(3)35-32(36)42-27/h6-17,29H,4-5,18H2,1-3H3/b27-17-/t29-/m0/s1. The van der Waals surface area contributed by atoms with Crippen molar-refractivity contribution in [3.8, 4) is 11.5 Å². The number of carbonyl (C=O) groups is 1. The van der Waals surface area contributed by atoms with Crippen molar-refractivity contribution in [2.75, 3.05) is 13.2 Å². The van der Waals surface area contributed by atoms with Crippen molar-refractivity contribution in [2.24, 2.45) is 4.99 Å². The topological polar surface area (TPSA) is 79.1 Å². The van der Waals surface area contributed by atoms with Gasteiger partial charge in [0, 0.05) is 10.0 Å². The molecule has 0 unspecified atom stereocenters. The minimum atomic E-state index is -0.706. The van der Waals surface area contributed by atoms with E-state index in [1.165, 1.54) is 11.3 Å². The maximum Gasteiger partial charge on any atom is 0.338 e. The minimum absolute atomic E-state index is 0.203. The summed E-state index contributed by atoms with van der Waals surface area (Å²) in [7, 11) is 0. The quantitative estimate of drug-likeness (QED) is 0.211. The fourth-order valence-electron chi connectivity index (χ4n) is 4.65. The molecule has 0 saturated carbocycles. The Labute approximate surface area is 256 Å². The van der Waals surface area contributed by atoms with E-state index in [2.05, 4.69) is 4.99 Å². The molecule has 0 amide bonds. The summed E-state index contributed by atoms with van der Waals surface area (Å²) in [6, 6.07) is 19.3. The summed E-state index contributed by atoms with van der Waals surface area (Å²) >= 11 is 13.4. The molecule has 2 heterocycles. The fourth-order valence-corrected chi connectivity index (χ4v) is 5.95. The number of allylic oxidation sites excluding steroid dienone is 1. The van der Waals surface area contributed by atoms with Gasteiger partial charge in [-0.2, -0.15) is 0 Å². The molecule has 0 spiro atoms. The first-order chi connectivity index (χ1) is 20.3. The lowest BCUT2D eigenvalue weighted by Crippen LogP contribution is -2.39. The number of ether oxygens (including phenoxy) is 3. The zero-order valence-electron chi connectivity index (χ0n) is 23.2. The van der Waals surface area contributed by atoms with Crippen LogP contribution in [0.2, 0.25) is 10.0 Å². The monoisotopic (exact) mass is 622 g/mol. The highest BCUT2D eigenvalue weighted by Crippen LogP contribution is 2.32. The van der Waals surface area contributed by atoms with E-state index < -0.39 is 12.0 Å². The molecule has 4 aromatic rings. The summed E-state index contributed by atoms with van der Waals surface area (Å²) in [5.74, 6) is 0.638. The molecule has 0 fully saturated rings. The predicted octanol–water partition coefficient (Wildman–Crippen LogP) is 6.08. The Morgan fingerprint density at radius 1 is 0.952 bits per heavy atom. The largest absolute Gasteiger partial charge is 0.490 e. The third kappa shape index (κ3) is 6.31. The zero-order chi connectivity index (χ0) is 29.8. The highest BCUT2D eigenvalue weighted by atomic mass is 35.5. The van der Waals surface area contributed by atoms with Crippen molar-refractivity contribution in [3.63, 3.8) is 0 Å². The second-order valence-electron chi connectivity index (χ2n) is 9.41. The lowest BCUT2D eigenvalue weighted by Gasteiger charge is -2.24. The Morgan fingerprint density at radius 3 is 2.31 bits per heavy atom. The van der Waals surface area contributed by atoms with E-state index in [9.17, 15) is 9.59 Å². The molecule has 0 radical (unpaired) electrons. The molecule has 1 aliphatic rings. The van der Waals surface area contributed by atoms with Crippen LogP contribution >= 0.6 is 34.5 Å². The Balaban J connectivity index is 1.54. The normalized spacial score (nSPS) is 14.8. The van der Waals surface area contributed by atoms with Crippen LogP contribution in [0.1, 0.15) is 43.5 Å². The van der Waals surface area contributed by atoms with Crippen molar-refractivity contribution in [1.82, 2.24) is 4.57 Å². The highest BCUT2D eigenvalue weighted by molar-refractivity contribution is 7.07. The van der Waals surface area contributed by atoms with E-state index >= 15 is 0 Å². The fraction of sp³-hybridized carbons (Fsp3) is 0.219. The van der Waals surface area contributed by atoms with Gasteiger partial charge in [0.15, 0.2) is 16.3 Å². The van der Waals surface area contributed by atoms with E-state index in [0.29, 0.717) is 55.4 Å². The van der Waals surface area contributed by atoms with Crippen LogP contribution in [0.3, 0.4) is 0 Å². The second kappa shape index (κ2) is 13.0. The van der Waals surface area contributed by atoms with Gasteiger partial charge in [0.25, 0.3) is 5.56 Å². The maximum atomic E-state index is 13.9. The Kier molecular flexibility index (Phi) is 9.16. The minimum Gasteiger partial charge on any atom is -0.490 e. The second-order valence-corrected chi connectivity index (χ2v) is 11.3. The number of esters is 1. The number of fused-ring (bicyclic) bond motifs is 1. The van der Waals surface area contributed by atoms with Crippen molar-refractivity contribution < 1.29 is 19.0 Å². The van der Waals surface area contributed by atoms with Crippen LogP contribution in [0.5, 0.6) is 11.5 Å². The van der Waals surface area contributed by atoms with Gasteiger partial charge in [-0.25, -0.2) is 9.79 Å². The summed E-state index contributed by atoms with van der Waals surface area (Å²) in [6.07, 6.45) is 1.79. The summed E-state index contributed by atoms with van der Waals surface area (Å²) in [4.78, 5) is 32.0. The molecular weight excluding hydrogens is 595 g/mol. The first kappa shape index (κ1) is 29.6. The number of nitrogens with zero attached hydrogens (tertiary/aromatic N) is 2. The molecular formula is C32H28Cl2N2O5S. The van der Waals surface area contributed by atoms with Crippen LogP contribution in [0.15, 0.2) is 87.8 Å². The zero-order valence-corrected chi connectivity index (χ0v) is 25.6. The average Bonchev–Trinajstić information content (AvgIpc) is 3.27. The molecule has 7 nitrogen and oxygen atoms in total. The van der Waals surface area contributed by atoms with Gasteiger partial charge in [-0.1, -0.05) is 64.9 Å². The third-order valence-electron chi connectivity index (χ3n) is 6.58. The molecule has 10 heteroatoms. The van der Waals surface area contributed by atoms with Gasteiger partial charge in [-0.15, -0.1) is 0 Å². The summed E-state index contributed by atoms with van der Waals surface area (Å²) in [5.41, 5.74) is 3.01. The van der Waals surface area contributed by atoms with Crippen LogP contribution in [-0.4, -0.2) is 23.8 Å². The van der Waals surface area contributed by atoms with Crippen LogP contribution in [0.25, 0.3) is 6.08 Å². The van der Waals surface area contributed by atoms with Crippen molar-refractivity contribution >= 4 is 46.6 Å². The van der Waals surface area contributed by atoms with E-state index in [-0.39, 0.29) is 12.2 Å². The van der Waals surface area contributed by atoms with Gasteiger partial charge in [0.05, 0.1) is 35.1 Å². The van der Waals surface area contributed by atoms with Gasteiger partial charge in [-0.05, 0) is 79.9 Å². The lowest BCUT2D eigenvalue weighted by atomic mass is 9.96. The number of carbonyl (C=O) groups excluding carboxylic acids is 1. The molecule has 0 saturated heterocycles. The Hall–Kier alpha value is -3.85.